The van der Waals surface area contributed by atoms with Gasteiger partial charge in [-0.15, -0.1) is 22.7 Å². The summed E-state index contributed by atoms with van der Waals surface area (Å²) in [6.45, 7) is 0. The first kappa shape index (κ1) is 9.96. The summed E-state index contributed by atoms with van der Waals surface area (Å²) in [7, 11) is 0. The molecule has 3 rings (SSSR count). The zero-order valence-electron chi connectivity index (χ0n) is 7.87. The third kappa shape index (κ3) is 1.78. The highest BCUT2D eigenvalue weighted by molar-refractivity contribution is 9.10. The first-order valence-corrected chi connectivity index (χ1v) is 7.22. The van der Waals surface area contributed by atoms with E-state index in [9.17, 15) is 0 Å². The van der Waals surface area contributed by atoms with E-state index in [0.29, 0.717) is 0 Å². The van der Waals surface area contributed by atoms with Crippen LogP contribution in [-0.4, -0.2) is 4.98 Å². The zero-order valence-corrected chi connectivity index (χ0v) is 11.1. The van der Waals surface area contributed by atoms with Crippen molar-refractivity contribution >= 4 is 38.6 Å². The van der Waals surface area contributed by atoms with Gasteiger partial charge in [0.2, 0.25) is 0 Å². The molecule has 15 heavy (non-hydrogen) atoms. The average Bonchev–Trinajstić information content (AvgIpc) is 2.72. The van der Waals surface area contributed by atoms with E-state index >= 15 is 0 Å². The summed E-state index contributed by atoms with van der Waals surface area (Å²) in [4.78, 5) is 5.82. The number of aromatic nitrogens is 1. The van der Waals surface area contributed by atoms with Gasteiger partial charge in [0.15, 0.2) is 0 Å². The van der Waals surface area contributed by atoms with E-state index in [2.05, 4.69) is 37.7 Å². The molecule has 5 heteroatoms. The number of hydrogen-bond donors (Lipinski definition) is 1. The average molecular weight is 301 g/mol. The number of rotatable bonds is 2. The van der Waals surface area contributed by atoms with E-state index in [1.54, 1.807) is 22.7 Å². The molecule has 0 saturated heterocycles. The maximum absolute atomic E-state index is 6.10. The third-order valence-electron chi connectivity index (χ3n) is 2.58. The molecule has 0 amide bonds. The van der Waals surface area contributed by atoms with Crippen molar-refractivity contribution in [1.82, 2.24) is 4.98 Å². The second-order valence-electron chi connectivity index (χ2n) is 3.82. The number of thiophene rings is 1. The molecule has 0 aromatic carbocycles. The SMILES string of the molecule is NC1(c2csc(-c3cc(Br)cs3)n2)CC1. The minimum Gasteiger partial charge on any atom is -0.320 e. The van der Waals surface area contributed by atoms with Crippen LogP contribution in [0.3, 0.4) is 0 Å². The largest absolute Gasteiger partial charge is 0.320 e. The molecular formula is C10H9BrN2S2. The van der Waals surface area contributed by atoms with Crippen molar-refractivity contribution in [3.8, 4) is 9.88 Å². The smallest absolute Gasteiger partial charge is 0.133 e. The van der Waals surface area contributed by atoms with Gasteiger partial charge in [0.05, 0.1) is 16.1 Å². The van der Waals surface area contributed by atoms with Crippen LogP contribution in [-0.2, 0) is 5.54 Å². The summed E-state index contributed by atoms with van der Waals surface area (Å²) in [5, 5.41) is 5.25. The quantitative estimate of drug-likeness (QED) is 0.921. The van der Waals surface area contributed by atoms with Gasteiger partial charge in [0.1, 0.15) is 5.01 Å². The summed E-state index contributed by atoms with van der Waals surface area (Å²) in [5.41, 5.74) is 7.06. The van der Waals surface area contributed by atoms with Crippen LogP contribution in [0, 0.1) is 0 Å². The monoisotopic (exact) mass is 300 g/mol. The van der Waals surface area contributed by atoms with Crippen LogP contribution in [0.4, 0.5) is 0 Å². The molecule has 0 aliphatic heterocycles. The molecule has 78 valence electrons. The molecule has 0 unspecified atom stereocenters. The Bertz CT molecular complexity index is 499. The third-order valence-corrected chi connectivity index (χ3v) is 5.28. The van der Waals surface area contributed by atoms with Crippen molar-refractivity contribution < 1.29 is 0 Å². The summed E-state index contributed by atoms with van der Waals surface area (Å²) in [5.74, 6) is 0. The second kappa shape index (κ2) is 3.38. The molecule has 0 radical (unpaired) electrons. The lowest BCUT2D eigenvalue weighted by Gasteiger charge is -2.01. The first-order valence-electron chi connectivity index (χ1n) is 4.67. The molecule has 2 N–H and O–H groups in total. The standard InChI is InChI=1S/C10H9BrN2S2/c11-6-3-7(14-4-6)9-13-8(5-15-9)10(12)1-2-10/h3-5H,1-2,12H2. The Kier molecular flexibility index (Phi) is 2.24. The predicted molar refractivity (Wildman–Crippen MR) is 68.2 cm³/mol. The molecule has 2 heterocycles. The van der Waals surface area contributed by atoms with Gasteiger partial charge in [0.25, 0.3) is 0 Å². The molecule has 0 spiro atoms. The summed E-state index contributed by atoms with van der Waals surface area (Å²) in [6.07, 6.45) is 2.15. The molecule has 1 aliphatic carbocycles. The fraction of sp³-hybridized carbons (Fsp3) is 0.300. The number of hydrogen-bond acceptors (Lipinski definition) is 4. The lowest BCUT2D eigenvalue weighted by Crippen LogP contribution is -2.18. The van der Waals surface area contributed by atoms with Gasteiger partial charge >= 0.3 is 0 Å². The molecule has 2 nitrogen and oxygen atoms in total. The molecule has 0 atom stereocenters. The van der Waals surface area contributed by atoms with Crippen molar-refractivity contribution in [3.05, 3.63) is 27.0 Å². The highest BCUT2D eigenvalue weighted by Crippen LogP contribution is 2.44. The fourth-order valence-electron chi connectivity index (χ4n) is 1.43. The molecule has 2 aromatic rings. The molecule has 2 aromatic heterocycles. The van der Waals surface area contributed by atoms with Crippen molar-refractivity contribution in [2.75, 3.05) is 0 Å². The van der Waals surface area contributed by atoms with E-state index in [1.807, 2.05) is 0 Å². The zero-order chi connectivity index (χ0) is 10.5. The Labute approximate surface area is 104 Å². The van der Waals surface area contributed by atoms with E-state index in [0.717, 1.165) is 28.0 Å². The van der Waals surface area contributed by atoms with E-state index in [1.165, 1.54) is 4.88 Å². The summed E-state index contributed by atoms with van der Waals surface area (Å²) in [6, 6.07) is 2.10. The van der Waals surface area contributed by atoms with Gasteiger partial charge < -0.3 is 5.73 Å². The van der Waals surface area contributed by atoms with E-state index < -0.39 is 0 Å². The van der Waals surface area contributed by atoms with Gasteiger partial charge in [-0.2, -0.15) is 0 Å². The number of nitrogens with two attached hydrogens (primary N) is 1. The normalized spacial score (nSPS) is 18.0. The second-order valence-corrected chi connectivity index (χ2v) is 6.51. The fourth-order valence-corrected chi connectivity index (χ4v) is 3.87. The van der Waals surface area contributed by atoms with Crippen molar-refractivity contribution in [3.63, 3.8) is 0 Å². The van der Waals surface area contributed by atoms with E-state index in [-0.39, 0.29) is 5.54 Å². The first-order chi connectivity index (χ1) is 7.17. The Hall–Kier alpha value is -0.230. The Morgan fingerprint density at radius 3 is 2.73 bits per heavy atom. The number of nitrogens with zero attached hydrogens (tertiary/aromatic N) is 1. The Balaban J connectivity index is 1.97. The maximum Gasteiger partial charge on any atom is 0.133 e. The van der Waals surface area contributed by atoms with Crippen LogP contribution in [0.5, 0.6) is 0 Å². The highest BCUT2D eigenvalue weighted by atomic mass is 79.9. The van der Waals surface area contributed by atoms with Crippen LogP contribution < -0.4 is 5.73 Å². The Morgan fingerprint density at radius 1 is 1.33 bits per heavy atom. The number of thiazole rings is 1. The van der Waals surface area contributed by atoms with Crippen molar-refractivity contribution in [2.24, 2.45) is 5.73 Å². The summed E-state index contributed by atoms with van der Waals surface area (Å²) < 4.78 is 1.12. The van der Waals surface area contributed by atoms with Gasteiger partial charge in [0, 0.05) is 15.2 Å². The van der Waals surface area contributed by atoms with E-state index in [4.69, 9.17) is 5.73 Å². The van der Waals surface area contributed by atoms with Gasteiger partial charge in [-0.25, -0.2) is 4.98 Å². The minimum absolute atomic E-state index is 0.108. The molecule has 1 fully saturated rings. The number of halogens is 1. The van der Waals surface area contributed by atoms with Crippen molar-refractivity contribution in [1.29, 1.82) is 0 Å². The lowest BCUT2D eigenvalue weighted by molar-refractivity contribution is 0.715. The van der Waals surface area contributed by atoms with Crippen LogP contribution in [0.15, 0.2) is 21.3 Å². The molecular weight excluding hydrogens is 292 g/mol. The Morgan fingerprint density at radius 2 is 2.13 bits per heavy atom. The van der Waals surface area contributed by atoms with Crippen LogP contribution in [0.1, 0.15) is 18.5 Å². The van der Waals surface area contributed by atoms with Gasteiger partial charge in [-0.05, 0) is 34.8 Å². The highest BCUT2D eigenvalue weighted by Gasteiger charge is 2.42. The van der Waals surface area contributed by atoms with Gasteiger partial charge in [-0.1, -0.05) is 0 Å². The van der Waals surface area contributed by atoms with Crippen LogP contribution >= 0.6 is 38.6 Å². The predicted octanol–water partition coefficient (Wildman–Crippen LogP) is 3.58. The lowest BCUT2D eigenvalue weighted by atomic mass is 10.2. The van der Waals surface area contributed by atoms with Crippen LogP contribution in [0.2, 0.25) is 0 Å². The molecule has 1 saturated carbocycles. The minimum atomic E-state index is -0.108. The van der Waals surface area contributed by atoms with Crippen LogP contribution in [0.25, 0.3) is 9.88 Å². The molecule has 0 bridgehead atoms. The summed E-state index contributed by atoms with van der Waals surface area (Å²) >= 11 is 6.84. The van der Waals surface area contributed by atoms with Crippen molar-refractivity contribution in [2.45, 2.75) is 18.4 Å². The maximum atomic E-state index is 6.10. The molecule has 1 aliphatic rings. The topological polar surface area (TPSA) is 38.9 Å². The van der Waals surface area contributed by atoms with Gasteiger partial charge in [-0.3, -0.25) is 0 Å².